The van der Waals surface area contributed by atoms with Crippen molar-refractivity contribution >= 4 is 15.8 Å². The molecule has 0 saturated carbocycles. The number of nitrogens with zero attached hydrogens (tertiary/aromatic N) is 1. The number of halogens is 3. The number of H-pyrrole nitrogens is 1. The van der Waals surface area contributed by atoms with Crippen molar-refractivity contribution in [2.75, 3.05) is 4.72 Å². The van der Waals surface area contributed by atoms with Gasteiger partial charge in [-0.05, 0) is 18.2 Å². The molecule has 7 nitrogen and oxygen atoms in total. The zero-order valence-electron chi connectivity index (χ0n) is 10.6. The Kier molecular flexibility index (Phi) is 4.08. The van der Waals surface area contributed by atoms with Gasteiger partial charge in [-0.25, -0.2) is 13.5 Å². The predicted molar refractivity (Wildman–Crippen MR) is 68.8 cm³/mol. The van der Waals surface area contributed by atoms with Crippen molar-refractivity contribution in [3.63, 3.8) is 0 Å². The fourth-order valence-electron chi connectivity index (χ4n) is 1.44. The molecule has 0 radical (unpaired) electrons. The highest BCUT2D eigenvalue weighted by Crippen LogP contribution is 2.25. The zero-order chi connectivity index (χ0) is 16.4. The molecule has 118 valence electrons. The lowest BCUT2D eigenvalue weighted by molar-refractivity contribution is -0.274. The minimum atomic E-state index is -4.93. The minimum Gasteiger partial charge on any atom is -0.406 e. The monoisotopic (exact) mass is 335 g/mol. The molecule has 0 aliphatic rings. The van der Waals surface area contributed by atoms with Gasteiger partial charge in [0.05, 0.1) is 4.90 Å². The van der Waals surface area contributed by atoms with Crippen LogP contribution in [-0.2, 0) is 10.0 Å². The van der Waals surface area contributed by atoms with Crippen LogP contribution in [-0.4, -0.2) is 25.0 Å². The number of hydrogen-bond acceptors (Lipinski definition) is 5. The number of sulfonamides is 1. The smallest absolute Gasteiger partial charge is 0.406 e. The second kappa shape index (κ2) is 5.67. The molecule has 0 fully saturated rings. The SMILES string of the molecule is O=c1ccc(NS(=O)(=O)c2cccc(OC(F)(F)F)c2)n[nH]1. The molecule has 2 rings (SSSR count). The fraction of sp³-hybridized carbons (Fsp3) is 0.0909. The van der Waals surface area contributed by atoms with Crippen molar-refractivity contribution in [3.8, 4) is 5.75 Å². The molecule has 0 unspecified atom stereocenters. The largest absolute Gasteiger partial charge is 0.573 e. The van der Waals surface area contributed by atoms with Gasteiger partial charge < -0.3 is 4.74 Å². The molecular formula is C11H8F3N3O4S. The van der Waals surface area contributed by atoms with E-state index in [1.807, 2.05) is 9.82 Å². The Morgan fingerprint density at radius 1 is 1.18 bits per heavy atom. The van der Waals surface area contributed by atoms with Crippen molar-refractivity contribution < 1.29 is 26.3 Å². The van der Waals surface area contributed by atoms with E-state index in [1.54, 1.807) is 0 Å². The van der Waals surface area contributed by atoms with Crippen LogP contribution in [0.2, 0.25) is 0 Å². The molecule has 22 heavy (non-hydrogen) atoms. The van der Waals surface area contributed by atoms with Crippen LogP contribution in [0.3, 0.4) is 0 Å². The predicted octanol–water partition coefficient (Wildman–Crippen LogP) is 1.47. The van der Waals surface area contributed by atoms with Gasteiger partial charge in [0.1, 0.15) is 5.75 Å². The summed E-state index contributed by atoms with van der Waals surface area (Å²) in [5.74, 6) is -0.869. The Hall–Kier alpha value is -2.56. The van der Waals surface area contributed by atoms with Crippen LogP contribution in [0.5, 0.6) is 5.75 Å². The quantitative estimate of drug-likeness (QED) is 0.881. The number of anilines is 1. The van der Waals surface area contributed by atoms with Gasteiger partial charge in [0.25, 0.3) is 15.6 Å². The summed E-state index contributed by atoms with van der Waals surface area (Å²) in [6.07, 6.45) is -4.93. The molecule has 2 aromatic rings. The normalized spacial score (nSPS) is 12.0. The van der Waals surface area contributed by atoms with E-state index in [0.717, 1.165) is 30.3 Å². The summed E-state index contributed by atoms with van der Waals surface area (Å²) in [5.41, 5.74) is -0.538. The first-order chi connectivity index (χ1) is 10.2. The number of hydrogen-bond donors (Lipinski definition) is 2. The number of ether oxygens (including phenoxy) is 1. The van der Waals surface area contributed by atoms with Gasteiger partial charge in [-0.1, -0.05) is 6.07 Å². The average molecular weight is 335 g/mol. The molecule has 11 heteroatoms. The second-order valence-electron chi connectivity index (χ2n) is 3.93. The maximum absolute atomic E-state index is 12.1. The van der Waals surface area contributed by atoms with Crippen molar-refractivity contribution in [2.24, 2.45) is 0 Å². The van der Waals surface area contributed by atoms with E-state index in [4.69, 9.17) is 0 Å². The molecule has 0 spiro atoms. The van der Waals surface area contributed by atoms with E-state index in [1.165, 1.54) is 0 Å². The molecule has 0 aliphatic heterocycles. The number of aromatic nitrogens is 2. The van der Waals surface area contributed by atoms with E-state index in [0.29, 0.717) is 6.07 Å². The van der Waals surface area contributed by atoms with Crippen LogP contribution in [0.15, 0.2) is 46.1 Å². The van der Waals surface area contributed by atoms with Crippen LogP contribution >= 0.6 is 0 Å². The van der Waals surface area contributed by atoms with Gasteiger partial charge in [-0.2, -0.15) is 5.10 Å². The Balaban J connectivity index is 2.27. The summed E-state index contributed by atoms with van der Waals surface area (Å²) < 4.78 is 66.1. The van der Waals surface area contributed by atoms with Gasteiger partial charge in [0.15, 0.2) is 5.82 Å². The first-order valence-electron chi connectivity index (χ1n) is 5.60. The molecule has 1 heterocycles. The number of nitrogens with one attached hydrogen (secondary N) is 2. The third-order valence-electron chi connectivity index (χ3n) is 2.27. The number of aromatic amines is 1. The highest BCUT2D eigenvalue weighted by Gasteiger charge is 2.31. The lowest BCUT2D eigenvalue weighted by Gasteiger charge is -2.11. The van der Waals surface area contributed by atoms with Crippen LogP contribution in [0, 0.1) is 0 Å². The summed E-state index contributed by atoms with van der Waals surface area (Å²) in [6.45, 7) is 0. The third kappa shape index (κ3) is 4.22. The summed E-state index contributed by atoms with van der Waals surface area (Å²) in [5, 5.41) is 5.44. The highest BCUT2D eigenvalue weighted by atomic mass is 32.2. The van der Waals surface area contributed by atoms with Crippen molar-refractivity contribution in [3.05, 3.63) is 46.8 Å². The summed E-state index contributed by atoms with van der Waals surface area (Å²) in [4.78, 5) is 10.4. The number of alkyl halides is 3. The van der Waals surface area contributed by atoms with Crippen molar-refractivity contribution in [1.82, 2.24) is 10.2 Å². The lowest BCUT2D eigenvalue weighted by atomic mass is 10.3. The van der Waals surface area contributed by atoms with Crippen LogP contribution < -0.4 is 15.0 Å². The molecule has 0 atom stereocenters. The van der Waals surface area contributed by atoms with E-state index in [-0.39, 0.29) is 5.82 Å². The molecule has 1 aromatic carbocycles. The Labute approximate surface area is 121 Å². The first-order valence-corrected chi connectivity index (χ1v) is 7.08. The first kappa shape index (κ1) is 15.8. The maximum atomic E-state index is 12.1. The van der Waals surface area contributed by atoms with E-state index >= 15 is 0 Å². The van der Waals surface area contributed by atoms with Crippen molar-refractivity contribution in [2.45, 2.75) is 11.3 Å². The summed E-state index contributed by atoms with van der Waals surface area (Å²) >= 11 is 0. The van der Waals surface area contributed by atoms with E-state index < -0.39 is 32.6 Å². The van der Waals surface area contributed by atoms with Gasteiger partial charge in [-0.3, -0.25) is 9.52 Å². The topological polar surface area (TPSA) is 101 Å². The number of benzene rings is 1. The van der Waals surface area contributed by atoms with E-state index in [9.17, 15) is 26.4 Å². The molecule has 0 saturated heterocycles. The van der Waals surface area contributed by atoms with E-state index in [2.05, 4.69) is 9.84 Å². The number of rotatable bonds is 4. The Morgan fingerprint density at radius 3 is 2.50 bits per heavy atom. The van der Waals surface area contributed by atoms with Gasteiger partial charge >= 0.3 is 6.36 Å². The fourth-order valence-corrected chi connectivity index (χ4v) is 2.47. The second-order valence-corrected chi connectivity index (χ2v) is 5.62. The van der Waals surface area contributed by atoms with Gasteiger partial charge in [0.2, 0.25) is 0 Å². The molecule has 0 amide bonds. The maximum Gasteiger partial charge on any atom is 0.573 e. The molecule has 0 bridgehead atoms. The average Bonchev–Trinajstić information content (AvgIpc) is 2.40. The van der Waals surface area contributed by atoms with Crippen LogP contribution in [0.25, 0.3) is 0 Å². The molecule has 0 aliphatic carbocycles. The molecular weight excluding hydrogens is 327 g/mol. The van der Waals surface area contributed by atoms with Gasteiger partial charge in [0, 0.05) is 12.1 Å². The highest BCUT2D eigenvalue weighted by molar-refractivity contribution is 7.92. The standard InChI is InChI=1S/C11H8F3N3O4S/c12-11(13,14)21-7-2-1-3-8(6-7)22(19,20)17-9-4-5-10(18)16-15-9/h1-6H,(H,15,17)(H,16,18). The molecule has 2 N–H and O–H groups in total. The summed E-state index contributed by atoms with van der Waals surface area (Å²) in [6, 6.07) is 5.99. The van der Waals surface area contributed by atoms with Gasteiger partial charge in [-0.15, -0.1) is 13.2 Å². The van der Waals surface area contributed by atoms with Crippen molar-refractivity contribution in [1.29, 1.82) is 0 Å². The Morgan fingerprint density at radius 2 is 1.91 bits per heavy atom. The summed E-state index contributed by atoms with van der Waals surface area (Å²) in [7, 11) is -4.19. The van der Waals surface area contributed by atoms with Crippen LogP contribution in [0.1, 0.15) is 0 Å². The molecule has 1 aromatic heterocycles. The third-order valence-corrected chi connectivity index (χ3v) is 3.62. The lowest BCUT2D eigenvalue weighted by Crippen LogP contribution is -2.18. The Bertz CT molecular complexity index is 812. The van der Waals surface area contributed by atoms with Crippen LogP contribution in [0.4, 0.5) is 19.0 Å². The minimum absolute atomic E-state index is 0.193. The zero-order valence-corrected chi connectivity index (χ0v) is 11.4.